The fourth-order valence-corrected chi connectivity index (χ4v) is 3.86. The maximum atomic E-state index is 11.4. The highest BCUT2D eigenvalue weighted by atomic mass is 32.2. The summed E-state index contributed by atoms with van der Waals surface area (Å²) in [6.45, 7) is 0. The Bertz CT molecular complexity index is 1070. The van der Waals surface area contributed by atoms with Crippen molar-refractivity contribution >= 4 is 28.7 Å². The summed E-state index contributed by atoms with van der Waals surface area (Å²) < 4.78 is 2.16. The Kier molecular flexibility index (Phi) is 4.46. The van der Waals surface area contributed by atoms with Crippen LogP contribution in [0.3, 0.4) is 0 Å². The van der Waals surface area contributed by atoms with Gasteiger partial charge in [0, 0.05) is 17.0 Å². The molecule has 0 bridgehead atoms. The van der Waals surface area contributed by atoms with Gasteiger partial charge in [0.2, 0.25) is 5.91 Å². The van der Waals surface area contributed by atoms with Crippen LogP contribution in [0.5, 0.6) is 0 Å². The van der Waals surface area contributed by atoms with Crippen molar-refractivity contribution in [1.82, 2.24) is 9.55 Å². The van der Waals surface area contributed by atoms with E-state index in [1.165, 1.54) is 0 Å². The highest BCUT2D eigenvalue weighted by Crippen LogP contribution is 2.30. The lowest BCUT2D eigenvalue weighted by atomic mass is 10.1. The van der Waals surface area contributed by atoms with E-state index in [-0.39, 0.29) is 0 Å². The Labute approximate surface area is 155 Å². The zero-order valence-corrected chi connectivity index (χ0v) is 14.8. The number of aromatic nitrogens is 2. The van der Waals surface area contributed by atoms with Crippen molar-refractivity contribution in [2.75, 3.05) is 0 Å². The van der Waals surface area contributed by atoms with Crippen molar-refractivity contribution in [3.05, 3.63) is 90.0 Å². The second-order valence-electron chi connectivity index (χ2n) is 5.91. The summed E-state index contributed by atoms with van der Waals surface area (Å²) >= 11 is 1.64. The SMILES string of the molecule is NC(=O)c1cccc(CSc2nc3ccccc3n2-c2ccccc2)c1. The quantitative estimate of drug-likeness (QED) is 0.537. The molecule has 3 aromatic carbocycles. The highest BCUT2D eigenvalue weighted by Gasteiger charge is 2.13. The summed E-state index contributed by atoms with van der Waals surface area (Å²) in [6, 6.07) is 25.7. The maximum Gasteiger partial charge on any atom is 0.248 e. The Morgan fingerprint density at radius 2 is 1.73 bits per heavy atom. The Balaban J connectivity index is 1.71. The number of carbonyl (C=O) groups is 1. The molecular formula is C21H17N3OS. The van der Waals surface area contributed by atoms with Crippen molar-refractivity contribution in [2.45, 2.75) is 10.9 Å². The number of fused-ring (bicyclic) bond motifs is 1. The summed E-state index contributed by atoms with van der Waals surface area (Å²) in [5, 5.41) is 0.918. The number of rotatable bonds is 5. The lowest BCUT2D eigenvalue weighted by molar-refractivity contribution is 0.1000. The summed E-state index contributed by atoms with van der Waals surface area (Å²) in [5.41, 5.74) is 10.1. The molecule has 0 radical (unpaired) electrons. The van der Waals surface area contributed by atoms with Crippen LogP contribution in [0.25, 0.3) is 16.7 Å². The first-order valence-corrected chi connectivity index (χ1v) is 9.25. The van der Waals surface area contributed by atoms with Crippen LogP contribution < -0.4 is 5.73 Å². The van der Waals surface area contributed by atoms with Crippen LogP contribution in [0.4, 0.5) is 0 Å². The van der Waals surface area contributed by atoms with Gasteiger partial charge in [-0.25, -0.2) is 4.98 Å². The molecule has 4 aromatic rings. The molecule has 1 amide bonds. The lowest BCUT2D eigenvalue weighted by Crippen LogP contribution is -2.10. The Hall–Kier alpha value is -3.05. The molecule has 0 aliphatic carbocycles. The van der Waals surface area contributed by atoms with Gasteiger partial charge in [0.1, 0.15) is 0 Å². The van der Waals surface area contributed by atoms with Gasteiger partial charge < -0.3 is 5.73 Å². The number of hydrogen-bond donors (Lipinski definition) is 1. The van der Waals surface area contributed by atoms with E-state index in [9.17, 15) is 4.79 Å². The molecule has 5 heteroatoms. The number of thioether (sulfide) groups is 1. The predicted octanol–water partition coefficient (Wildman–Crippen LogP) is 4.42. The van der Waals surface area contributed by atoms with E-state index in [0.29, 0.717) is 11.3 Å². The number of nitrogens with two attached hydrogens (primary N) is 1. The van der Waals surface area contributed by atoms with Gasteiger partial charge in [-0.05, 0) is 42.0 Å². The van der Waals surface area contributed by atoms with Crippen molar-refractivity contribution in [2.24, 2.45) is 5.73 Å². The maximum absolute atomic E-state index is 11.4. The van der Waals surface area contributed by atoms with Crippen LogP contribution in [0.15, 0.2) is 84.0 Å². The zero-order valence-electron chi connectivity index (χ0n) is 14.0. The first-order chi connectivity index (χ1) is 12.7. The van der Waals surface area contributed by atoms with Crippen LogP contribution in [0.1, 0.15) is 15.9 Å². The molecule has 0 spiro atoms. The van der Waals surface area contributed by atoms with Crippen LogP contribution in [-0.4, -0.2) is 15.5 Å². The third kappa shape index (κ3) is 3.21. The van der Waals surface area contributed by atoms with E-state index in [0.717, 1.165) is 27.4 Å². The molecular weight excluding hydrogens is 342 g/mol. The Morgan fingerprint density at radius 1 is 0.962 bits per heavy atom. The number of carbonyl (C=O) groups excluding carboxylic acids is 1. The fraction of sp³-hybridized carbons (Fsp3) is 0.0476. The van der Waals surface area contributed by atoms with Crippen LogP contribution >= 0.6 is 11.8 Å². The van der Waals surface area contributed by atoms with Gasteiger partial charge in [-0.3, -0.25) is 9.36 Å². The minimum absolute atomic E-state index is 0.409. The van der Waals surface area contributed by atoms with Crippen LogP contribution in [0.2, 0.25) is 0 Å². The first-order valence-electron chi connectivity index (χ1n) is 8.27. The van der Waals surface area contributed by atoms with Gasteiger partial charge in [-0.1, -0.05) is 54.2 Å². The molecule has 0 saturated heterocycles. The van der Waals surface area contributed by atoms with E-state index in [1.807, 2.05) is 54.6 Å². The molecule has 0 saturated carbocycles. The van der Waals surface area contributed by atoms with E-state index >= 15 is 0 Å². The van der Waals surface area contributed by atoms with Crippen molar-refractivity contribution in [3.8, 4) is 5.69 Å². The lowest BCUT2D eigenvalue weighted by Gasteiger charge is -2.09. The summed E-state index contributed by atoms with van der Waals surface area (Å²) in [6.07, 6.45) is 0. The third-order valence-corrected chi connectivity index (χ3v) is 5.13. The average Bonchev–Trinajstić information content (AvgIpc) is 3.05. The van der Waals surface area contributed by atoms with Crippen LogP contribution in [0, 0.1) is 0 Å². The first kappa shape index (κ1) is 16.4. The number of primary amides is 1. The van der Waals surface area contributed by atoms with Gasteiger partial charge in [-0.2, -0.15) is 0 Å². The van der Waals surface area contributed by atoms with Gasteiger partial charge in [0.15, 0.2) is 5.16 Å². The molecule has 0 unspecified atom stereocenters. The number of hydrogen-bond acceptors (Lipinski definition) is 3. The van der Waals surface area contributed by atoms with Crippen molar-refractivity contribution < 1.29 is 4.79 Å². The topological polar surface area (TPSA) is 60.9 Å². The summed E-state index contributed by atoms with van der Waals surface area (Å²) in [7, 11) is 0. The van der Waals surface area contributed by atoms with E-state index in [1.54, 1.807) is 17.8 Å². The van der Waals surface area contributed by atoms with Crippen molar-refractivity contribution in [1.29, 1.82) is 0 Å². The third-order valence-electron chi connectivity index (χ3n) is 4.12. The molecule has 1 heterocycles. The molecule has 0 fully saturated rings. The molecule has 0 atom stereocenters. The molecule has 0 aliphatic rings. The standard InChI is InChI=1S/C21H17N3OS/c22-20(25)16-8-6-7-15(13-16)14-26-21-23-18-11-4-5-12-19(18)24(21)17-9-2-1-3-10-17/h1-13H,14H2,(H2,22,25). The molecule has 128 valence electrons. The number of imidazole rings is 1. The molecule has 26 heavy (non-hydrogen) atoms. The number of benzene rings is 3. The fourth-order valence-electron chi connectivity index (χ4n) is 2.89. The smallest absolute Gasteiger partial charge is 0.248 e. The average molecular weight is 359 g/mol. The Morgan fingerprint density at radius 3 is 2.54 bits per heavy atom. The second kappa shape index (κ2) is 7.06. The zero-order chi connectivity index (χ0) is 17.9. The molecule has 2 N–H and O–H groups in total. The van der Waals surface area contributed by atoms with Gasteiger partial charge in [0.05, 0.1) is 11.0 Å². The van der Waals surface area contributed by atoms with Crippen molar-refractivity contribution in [3.63, 3.8) is 0 Å². The van der Waals surface area contributed by atoms with E-state index in [2.05, 4.69) is 22.8 Å². The normalized spacial score (nSPS) is 10.9. The molecule has 1 aromatic heterocycles. The van der Waals surface area contributed by atoms with Gasteiger partial charge >= 0.3 is 0 Å². The number of para-hydroxylation sites is 3. The largest absolute Gasteiger partial charge is 0.366 e. The van der Waals surface area contributed by atoms with Gasteiger partial charge in [-0.15, -0.1) is 0 Å². The monoisotopic (exact) mass is 359 g/mol. The van der Waals surface area contributed by atoms with E-state index < -0.39 is 5.91 Å². The van der Waals surface area contributed by atoms with Gasteiger partial charge in [0.25, 0.3) is 0 Å². The number of amides is 1. The highest BCUT2D eigenvalue weighted by molar-refractivity contribution is 7.98. The molecule has 4 rings (SSSR count). The molecule has 4 nitrogen and oxygen atoms in total. The minimum Gasteiger partial charge on any atom is -0.366 e. The second-order valence-corrected chi connectivity index (χ2v) is 6.85. The minimum atomic E-state index is -0.409. The number of nitrogens with zero attached hydrogens (tertiary/aromatic N) is 2. The summed E-state index contributed by atoms with van der Waals surface area (Å²) in [5.74, 6) is 0.297. The molecule has 0 aliphatic heterocycles. The van der Waals surface area contributed by atoms with E-state index in [4.69, 9.17) is 10.7 Å². The van der Waals surface area contributed by atoms with Crippen LogP contribution in [-0.2, 0) is 5.75 Å². The predicted molar refractivity (Wildman–Crippen MR) is 106 cm³/mol. The summed E-state index contributed by atoms with van der Waals surface area (Å²) in [4.78, 5) is 16.2.